The highest BCUT2D eigenvalue weighted by atomic mass is 32.1. The van der Waals surface area contributed by atoms with Gasteiger partial charge in [-0.05, 0) is 44.3 Å². The third-order valence-corrected chi connectivity index (χ3v) is 3.01. The molecule has 1 aliphatic carbocycles. The molecule has 1 atom stereocenters. The van der Waals surface area contributed by atoms with Crippen LogP contribution in [0, 0.1) is 5.92 Å². The zero-order chi connectivity index (χ0) is 9.68. The molecule has 1 saturated carbocycles. The van der Waals surface area contributed by atoms with Crippen molar-refractivity contribution in [1.82, 2.24) is 10.6 Å². The monoisotopic (exact) mass is 200 g/mol. The average Bonchev–Trinajstić information content (AvgIpc) is 1.97. The molecule has 0 radical (unpaired) electrons. The minimum absolute atomic E-state index is 0.547. The molecule has 1 aliphatic rings. The molecule has 0 aromatic rings. The predicted molar refractivity (Wildman–Crippen MR) is 60.8 cm³/mol. The van der Waals surface area contributed by atoms with Crippen molar-refractivity contribution in [3.05, 3.63) is 0 Å². The Hall–Kier alpha value is -0.310. The number of hydrogen-bond donors (Lipinski definition) is 2. The smallest absolute Gasteiger partial charge is 0.166 e. The Kier molecular flexibility index (Phi) is 4.50. The van der Waals surface area contributed by atoms with Crippen molar-refractivity contribution in [2.24, 2.45) is 5.92 Å². The summed E-state index contributed by atoms with van der Waals surface area (Å²) in [6, 6.07) is 0.547. The lowest BCUT2D eigenvalue weighted by atomic mass is 9.80. The lowest BCUT2D eigenvalue weighted by Crippen LogP contribution is -2.45. The van der Waals surface area contributed by atoms with E-state index in [1.54, 1.807) is 0 Å². The molecule has 2 nitrogen and oxygen atoms in total. The summed E-state index contributed by atoms with van der Waals surface area (Å²) >= 11 is 5.16. The Morgan fingerprint density at radius 2 is 2.23 bits per heavy atom. The Labute approximate surface area is 86.5 Å². The molecule has 13 heavy (non-hydrogen) atoms. The molecule has 2 N–H and O–H groups in total. The standard InChI is InChI=1S/C10H20N2S/c1-3-7-11-10(13)12-8(2)9-5-4-6-9/h8-9H,3-7H2,1-2H3,(H2,11,12,13). The quantitative estimate of drug-likeness (QED) is 0.679. The van der Waals surface area contributed by atoms with Crippen LogP contribution in [0.3, 0.4) is 0 Å². The van der Waals surface area contributed by atoms with Crippen LogP contribution in [0.15, 0.2) is 0 Å². The van der Waals surface area contributed by atoms with E-state index in [9.17, 15) is 0 Å². The van der Waals surface area contributed by atoms with Gasteiger partial charge in [0.15, 0.2) is 5.11 Å². The van der Waals surface area contributed by atoms with Crippen LogP contribution in [0.2, 0.25) is 0 Å². The summed E-state index contributed by atoms with van der Waals surface area (Å²) in [5, 5.41) is 7.34. The third-order valence-electron chi connectivity index (χ3n) is 2.75. The number of rotatable bonds is 4. The molecular formula is C10H20N2S. The van der Waals surface area contributed by atoms with Gasteiger partial charge >= 0.3 is 0 Å². The molecule has 1 fully saturated rings. The van der Waals surface area contributed by atoms with E-state index in [1.165, 1.54) is 19.3 Å². The molecular weight excluding hydrogens is 180 g/mol. The lowest BCUT2D eigenvalue weighted by molar-refractivity contribution is 0.258. The van der Waals surface area contributed by atoms with Gasteiger partial charge < -0.3 is 10.6 Å². The fourth-order valence-electron chi connectivity index (χ4n) is 1.55. The Bertz CT molecular complexity index is 166. The topological polar surface area (TPSA) is 24.1 Å². The molecule has 76 valence electrons. The zero-order valence-electron chi connectivity index (χ0n) is 8.60. The Balaban J connectivity index is 2.11. The molecule has 0 bridgehead atoms. The van der Waals surface area contributed by atoms with Crippen molar-refractivity contribution in [1.29, 1.82) is 0 Å². The highest BCUT2D eigenvalue weighted by Gasteiger charge is 2.23. The van der Waals surface area contributed by atoms with Gasteiger partial charge in [0.1, 0.15) is 0 Å². The normalized spacial score (nSPS) is 18.9. The second-order valence-electron chi connectivity index (χ2n) is 3.88. The third kappa shape index (κ3) is 3.51. The maximum atomic E-state index is 5.16. The van der Waals surface area contributed by atoms with Gasteiger partial charge in [0.25, 0.3) is 0 Å². The van der Waals surface area contributed by atoms with Crippen LogP contribution in [0.4, 0.5) is 0 Å². The fraction of sp³-hybridized carbons (Fsp3) is 0.900. The van der Waals surface area contributed by atoms with Crippen LogP contribution >= 0.6 is 12.2 Å². The maximum Gasteiger partial charge on any atom is 0.166 e. The van der Waals surface area contributed by atoms with Gasteiger partial charge in [0, 0.05) is 12.6 Å². The van der Waals surface area contributed by atoms with E-state index in [2.05, 4.69) is 24.5 Å². The lowest BCUT2D eigenvalue weighted by Gasteiger charge is -2.32. The number of hydrogen-bond acceptors (Lipinski definition) is 1. The number of thiocarbonyl (C=S) groups is 1. The van der Waals surface area contributed by atoms with Crippen LogP contribution in [0.1, 0.15) is 39.5 Å². The summed E-state index contributed by atoms with van der Waals surface area (Å²) in [5.41, 5.74) is 0. The van der Waals surface area contributed by atoms with E-state index in [1.807, 2.05) is 0 Å². The fourth-order valence-corrected chi connectivity index (χ4v) is 1.84. The molecule has 3 heteroatoms. The summed E-state index contributed by atoms with van der Waals surface area (Å²) in [6.07, 6.45) is 5.25. The van der Waals surface area contributed by atoms with Gasteiger partial charge in [-0.1, -0.05) is 13.3 Å². The van der Waals surface area contributed by atoms with Crippen LogP contribution in [0.5, 0.6) is 0 Å². The largest absolute Gasteiger partial charge is 0.363 e. The maximum absolute atomic E-state index is 5.16. The minimum Gasteiger partial charge on any atom is -0.363 e. The predicted octanol–water partition coefficient (Wildman–Crippen LogP) is 2.05. The molecule has 0 amide bonds. The molecule has 0 heterocycles. The first-order chi connectivity index (χ1) is 6.24. The molecule has 0 aromatic carbocycles. The highest BCUT2D eigenvalue weighted by Crippen LogP contribution is 2.29. The zero-order valence-corrected chi connectivity index (χ0v) is 9.41. The van der Waals surface area contributed by atoms with Gasteiger partial charge in [0.2, 0.25) is 0 Å². The summed E-state index contributed by atoms with van der Waals surface area (Å²) in [4.78, 5) is 0. The van der Waals surface area contributed by atoms with Gasteiger partial charge in [-0.25, -0.2) is 0 Å². The van der Waals surface area contributed by atoms with Crippen molar-refractivity contribution >= 4 is 17.3 Å². The molecule has 1 unspecified atom stereocenters. The van der Waals surface area contributed by atoms with Gasteiger partial charge in [-0.2, -0.15) is 0 Å². The van der Waals surface area contributed by atoms with Crippen molar-refractivity contribution < 1.29 is 0 Å². The van der Waals surface area contributed by atoms with E-state index in [0.29, 0.717) is 6.04 Å². The van der Waals surface area contributed by atoms with Gasteiger partial charge in [-0.15, -0.1) is 0 Å². The Morgan fingerprint density at radius 1 is 1.54 bits per heavy atom. The van der Waals surface area contributed by atoms with Crippen molar-refractivity contribution in [3.63, 3.8) is 0 Å². The van der Waals surface area contributed by atoms with E-state index < -0.39 is 0 Å². The van der Waals surface area contributed by atoms with E-state index in [-0.39, 0.29) is 0 Å². The first-order valence-corrected chi connectivity index (χ1v) is 5.69. The van der Waals surface area contributed by atoms with Crippen LogP contribution < -0.4 is 10.6 Å². The summed E-state index contributed by atoms with van der Waals surface area (Å²) in [7, 11) is 0. The molecule has 0 spiro atoms. The van der Waals surface area contributed by atoms with E-state index in [4.69, 9.17) is 12.2 Å². The first-order valence-electron chi connectivity index (χ1n) is 5.28. The van der Waals surface area contributed by atoms with Gasteiger partial charge in [-0.3, -0.25) is 0 Å². The van der Waals surface area contributed by atoms with Crippen molar-refractivity contribution in [3.8, 4) is 0 Å². The second-order valence-corrected chi connectivity index (χ2v) is 4.29. The average molecular weight is 200 g/mol. The highest BCUT2D eigenvalue weighted by molar-refractivity contribution is 7.80. The minimum atomic E-state index is 0.547. The van der Waals surface area contributed by atoms with Gasteiger partial charge in [0.05, 0.1) is 0 Å². The Morgan fingerprint density at radius 3 is 2.69 bits per heavy atom. The van der Waals surface area contributed by atoms with Crippen molar-refractivity contribution in [2.45, 2.75) is 45.6 Å². The molecule has 0 aromatic heterocycles. The van der Waals surface area contributed by atoms with Crippen LogP contribution in [0.25, 0.3) is 0 Å². The molecule has 1 rings (SSSR count). The van der Waals surface area contributed by atoms with Crippen LogP contribution in [-0.4, -0.2) is 17.7 Å². The first kappa shape index (κ1) is 10.8. The molecule has 0 saturated heterocycles. The molecule has 0 aliphatic heterocycles. The SMILES string of the molecule is CCCNC(=S)NC(C)C1CCC1. The van der Waals surface area contributed by atoms with Crippen LogP contribution in [-0.2, 0) is 0 Å². The summed E-state index contributed by atoms with van der Waals surface area (Å²) in [6.45, 7) is 5.35. The second kappa shape index (κ2) is 5.43. The summed E-state index contributed by atoms with van der Waals surface area (Å²) in [5.74, 6) is 0.848. The van der Waals surface area contributed by atoms with Crippen molar-refractivity contribution in [2.75, 3.05) is 6.54 Å². The van der Waals surface area contributed by atoms with E-state index in [0.717, 1.165) is 24.0 Å². The van der Waals surface area contributed by atoms with E-state index >= 15 is 0 Å². The number of nitrogens with one attached hydrogen (secondary N) is 2. The summed E-state index contributed by atoms with van der Waals surface area (Å²) < 4.78 is 0.